The topological polar surface area (TPSA) is 0 Å². The summed E-state index contributed by atoms with van der Waals surface area (Å²) in [6.07, 6.45) is 16.9. The van der Waals surface area contributed by atoms with Gasteiger partial charge < -0.3 is 28.5 Å². The molecule has 1 nitrogen and oxygen atoms in total. The molecule has 0 heterocycles. The highest BCUT2D eigenvalue weighted by Gasteiger charge is 2.25. The van der Waals surface area contributed by atoms with Gasteiger partial charge >= 0.3 is 0 Å². The van der Waals surface area contributed by atoms with E-state index in [0.29, 0.717) is 0 Å². The van der Waals surface area contributed by atoms with Gasteiger partial charge in [0.25, 0.3) is 0 Å². The predicted molar refractivity (Wildman–Crippen MR) is 97.8 cm³/mol. The summed E-state index contributed by atoms with van der Waals surface area (Å²) in [6.45, 7) is 15.1. The second-order valence-corrected chi connectivity index (χ2v) is 7.06. The van der Waals surface area contributed by atoms with E-state index in [1.165, 1.54) is 108 Å². The third-order valence-electron chi connectivity index (χ3n) is 4.94. The Balaban J connectivity index is 0. The van der Waals surface area contributed by atoms with Crippen molar-refractivity contribution in [3.63, 3.8) is 0 Å². The molecule has 0 aliphatic carbocycles. The monoisotopic (exact) mass is 425 g/mol. The van der Waals surface area contributed by atoms with E-state index < -0.39 is 0 Å². The van der Waals surface area contributed by atoms with Crippen LogP contribution in [0.1, 0.15) is 105 Å². The van der Waals surface area contributed by atoms with Gasteiger partial charge in [0.15, 0.2) is 0 Å². The van der Waals surface area contributed by atoms with Gasteiger partial charge in [-0.2, -0.15) is 0 Å². The van der Waals surface area contributed by atoms with Crippen LogP contribution in [-0.2, 0) is 0 Å². The average Bonchev–Trinajstić information content (AvgIpc) is 2.48. The van der Waals surface area contributed by atoms with E-state index in [0.717, 1.165) is 0 Å². The third-order valence-corrected chi connectivity index (χ3v) is 4.94. The zero-order chi connectivity index (χ0) is 15.8. The zero-order valence-corrected chi connectivity index (χ0v) is 18.3. The molecule has 0 spiro atoms. The Morgan fingerprint density at radius 1 is 0.409 bits per heavy atom. The Hall–Kier alpha value is 0.690. The lowest BCUT2D eigenvalue weighted by Gasteiger charge is -2.39. The van der Waals surface area contributed by atoms with Crippen LogP contribution < -0.4 is 24.0 Å². The molecule has 0 aromatic carbocycles. The van der Waals surface area contributed by atoms with Crippen LogP contribution in [0.4, 0.5) is 0 Å². The Morgan fingerprint density at radius 2 is 0.636 bits per heavy atom. The molecular formula is C20H44IN. The first kappa shape index (κ1) is 24.9. The van der Waals surface area contributed by atoms with E-state index in [4.69, 9.17) is 0 Å². The number of nitrogens with zero attached hydrogens (tertiary/aromatic N) is 1. The molecule has 0 aromatic rings. The molecule has 0 bridgehead atoms. The Morgan fingerprint density at radius 3 is 0.818 bits per heavy atom. The fourth-order valence-electron chi connectivity index (χ4n) is 3.46. The summed E-state index contributed by atoms with van der Waals surface area (Å²) in [7, 11) is 0. The lowest BCUT2D eigenvalue weighted by molar-refractivity contribution is -0.929. The fourth-order valence-corrected chi connectivity index (χ4v) is 3.46. The normalized spacial score (nSPS) is 11.5. The molecule has 0 atom stereocenters. The molecule has 0 aliphatic heterocycles. The quantitative estimate of drug-likeness (QED) is 0.202. The number of halogens is 1. The first-order valence-corrected chi connectivity index (χ1v) is 10.1. The van der Waals surface area contributed by atoms with Gasteiger partial charge in [0.1, 0.15) is 0 Å². The molecule has 22 heavy (non-hydrogen) atoms. The van der Waals surface area contributed by atoms with Crippen molar-refractivity contribution in [2.24, 2.45) is 0 Å². The summed E-state index contributed by atoms with van der Waals surface area (Å²) >= 11 is 0. The fraction of sp³-hybridized carbons (Fsp3) is 1.00. The Labute approximate surface area is 159 Å². The Kier molecular flexibility index (Phi) is 20.4. The summed E-state index contributed by atoms with van der Waals surface area (Å²) in [5.74, 6) is 0. The lowest BCUT2D eigenvalue weighted by Crippen LogP contribution is -3.00. The largest absolute Gasteiger partial charge is 1.00 e. The summed E-state index contributed by atoms with van der Waals surface area (Å²) < 4.78 is 1.44. The van der Waals surface area contributed by atoms with E-state index in [-0.39, 0.29) is 24.0 Å². The van der Waals surface area contributed by atoms with Gasteiger partial charge in [-0.1, -0.05) is 53.4 Å². The maximum Gasteiger partial charge on any atom is 0.0786 e. The highest BCUT2D eigenvalue weighted by molar-refractivity contribution is 4.51. The number of quaternary nitrogens is 1. The number of hydrogen-bond acceptors (Lipinski definition) is 0. The van der Waals surface area contributed by atoms with Crippen molar-refractivity contribution >= 4 is 0 Å². The molecule has 0 fully saturated rings. The molecular weight excluding hydrogens is 381 g/mol. The number of hydrogen-bond donors (Lipinski definition) is 0. The van der Waals surface area contributed by atoms with E-state index in [2.05, 4.69) is 27.7 Å². The minimum absolute atomic E-state index is 0. The predicted octanol–water partition coefficient (Wildman–Crippen LogP) is 3.57. The Bertz CT molecular complexity index is 160. The standard InChI is InChI=1S/C20H44N.HI/c1-5-9-13-17-21(18-14-10-6-2,19-15-11-7-3)20-16-12-8-4;/h5-20H2,1-4H3;1H/q+1;/p-1. The minimum atomic E-state index is 0. The van der Waals surface area contributed by atoms with Crippen LogP contribution >= 0.6 is 0 Å². The molecule has 0 N–H and O–H groups in total. The van der Waals surface area contributed by atoms with E-state index in [1.807, 2.05) is 0 Å². The van der Waals surface area contributed by atoms with Gasteiger partial charge in [0, 0.05) is 0 Å². The summed E-state index contributed by atoms with van der Waals surface area (Å²) in [4.78, 5) is 0. The van der Waals surface area contributed by atoms with Crippen molar-refractivity contribution in [2.45, 2.75) is 105 Å². The second-order valence-electron chi connectivity index (χ2n) is 7.06. The van der Waals surface area contributed by atoms with Crippen molar-refractivity contribution < 1.29 is 28.5 Å². The van der Waals surface area contributed by atoms with Gasteiger partial charge in [-0.05, 0) is 51.4 Å². The summed E-state index contributed by atoms with van der Waals surface area (Å²) in [6, 6.07) is 0. The van der Waals surface area contributed by atoms with Crippen LogP contribution in [-0.4, -0.2) is 30.7 Å². The second kappa shape index (κ2) is 18.0. The van der Waals surface area contributed by atoms with Crippen LogP contribution in [0.15, 0.2) is 0 Å². The van der Waals surface area contributed by atoms with Gasteiger partial charge in [-0.3, -0.25) is 0 Å². The van der Waals surface area contributed by atoms with Crippen LogP contribution in [0.5, 0.6) is 0 Å². The van der Waals surface area contributed by atoms with Crippen molar-refractivity contribution in [1.29, 1.82) is 0 Å². The van der Waals surface area contributed by atoms with Crippen molar-refractivity contribution in [3.05, 3.63) is 0 Å². The van der Waals surface area contributed by atoms with Crippen molar-refractivity contribution in [1.82, 2.24) is 0 Å². The molecule has 136 valence electrons. The number of rotatable bonds is 16. The van der Waals surface area contributed by atoms with Gasteiger partial charge in [0.05, 0.1) is 26.2 Å². The van der Waals surface area contributed by atoms with Crippen LogP contribution in [0.25, 0.3) is 0 Å². The molecule has 0 radical (unpaired) electrons. The van der Waals surface area contributed by atoms with E-state index in [9.17, 15) is 0 Å². The summed E-state index contributed by atoms with van der Waals surface area (Å²) in [5, 5.41) is 0. The smallest absolute Gasteiger partial charge is 0.0786 e. The maximum atomic E-state index is 2.33. The first-order chi connectivity index (χ1) is 10.2. The van der Waals surface area contributed by atoms with Gasteiger partial charge in [-0.25, -0.2) is 0 Å². The summed E-state index contributed by atoms with van der Waals surface area (Å²) in [5.41, 5.74) is 0. The molecule has 2 heteroatoms. The van der Waals surface area contributed by atoms with Crippen molar-refractivity contribution in [3.8, 4) is 0 Å². The van der Waals surface area contributed by atoms with Gasteiger partial charge in [-0.15, -0.1) is 0 Å². The van der Waals surface area contributed by atoms with E-state index >= 15 is 0 Å². The lowest BCUT2D eigenvalue weighted by atomic mass is 10.1. The highest BCUT2D eigenvalue weighted by Crippen LogP contribution is 2.18. The van der Waals surface area contributed by atoms with Gasteiger partial charge in [0.2, 0.25) is 0 Å². The molecule has 0 aliphatic rings. The van der Waals surface area contributed by atoms with Crippen LogP contribution in [0, 0.1) is 0 Å². The first-order valence-electron chi connectivity index (χ1n) is 10.1. The average molecular weight is 425 g/mol. The molecule has 0 amide bonds. The molecule has 0 unspecified atom stereocenters. The molecule has 0 saturated carbocycles. The molecule has 0 rings (SSSR count). The van der Waals surface area contributed by atoms with Crippen LogP contribution in [0.3, 0.4) is 0 Å². The third kappa shape index (κ3) is 13.2. The SMILES string of the molecule is CCCCC[N+](CCCCC)(CCCCC)CCCCC.[I-]. The zero-order valence-electron chi connectivity index (χ0n) is 16.1. The highest BCUT2D eigenvalue weighted by atomic mass is 127. The van der Waals surface area contributed by atoms with E-state index in [1.54, 1.807) is 0 Å². The molecule has 0 aromatic heterocycles. The minimum Gasteiger partial charge on any atom is -1.00 e. The number of unbranched alkanes of at least 4 members (excludes halogenated alkanes) is 8. The van der Waals surface area contributed by atoms with Crippen LogP contribution in [0.2, 0.25) is 0 Å². The molecule has 0 saturated heterocycles. The van der Waals surface area contributed by atoms with Crippen molar-refractivity contribution in [2.75, 3.05) is 26.2 Å². The maximum absolute atomic E-state index is 2.33.